The molecule has 2 saturated heterocycles. The lowest BCUT2D eigenvalue weighted by atomic mass is 9.95. The highest BCUT2D eigenvalue weighted by Gasteiger charge is 2.42. The zero-order valence-corrected chi connectivity index (χ0v) is 10.2. The number of aromatic nitrogens is 1. The molecule has 6 nitrogen and oxygen atoms in total. The van der Waals surface area contributed by atoms with Crippen LogP contribution in [0.5, 0.6) is 0 Å². The number of hydrogen-bond donors (Lipinski definition) is 1. The molecule has 6 heteroatoms. The molecule has 3 unspecified atom stereocenters. The number of fused-ring (bicyclic) bond motifs is 1. The Morgan fingerprint density at radius 1 is 1.56 bits per heavy atom. The fourth-order valence-electron chi connectivity index (χ4n) is 3.15. The van der Waals surface area contributed by atoms with Crippen molar-refractivity contribution in [1.82, 2.24) is 10.3 Å². The maximum Gasteiger partial charge on any atom is 0.274 e. The molecule has 0 aliphatic carbocycles. The van der Waals surface area contributed by atoms with Crippen LogP contribution in [0.3, 0.4) is 0 Å². The summed E-state index contributed by atoms with van der Waals surface area (Å²) < 4.78 is 0. The smallest absolute Gasteiger partial charge is 0.274 e. The highest BCUT2D eigenvalue weighted by Crippen LogP contribution is 2.35. The van der Waals surface area contributed by atoms with Crippen LogP contribution in [0.15, 0.2) is 18.3 Å². The van der Waals surface area contributed by atoms with Crippen LogP contribution in [0.2, 0.25) is 0 Å². The van der Waals surface area contributed by atoms with Crippen molar-refractivity contribution in [2.45, 2.75) is 13.0 Å². The molecule has 0 radical (unpaired) electrons. The Kier molecular flexibility index (Phi) is 2.66. The second-order valence-corrected chi connectivity index (χ2v) is 5.10. The Morgan fingerprint density at radius 2 is 2.39 bits per heavy atom. The van der Waals surface area contributed by atoms with E-state index in [0.717, 1.165) is 25.5 Å². The predicted octanol–water partition coefficient (Wildman–Crippen LogP) is 1.03. The van der Waals surface area contributed by atoms with Crippen LogP contribution in [0.1, 0.15) is 6.92 Å². The Hall–Kier alpha value is -1.69. The lowest BCUT2D eigenvalue weighted by Crippen LogP contribution is -2.33. The largest absolute Gasteiger partial charge is 0.353 e. The van der Waals surface area contributed by atoms with Gasteiger partial charge >= 0.3 is 0 Å². The molecule has 96 valence electrons. The zero-order valence-electron chi connectivity index (χ0n) is 10.2. The molecule has 3 heterocycles. The lowest BCUT2D eigenvalue weighted by Gasteiger charge is -2.25. The molecular formula is C12H16N4O2. The third-order valence-corrected chi connectivity index (χ3v) is 4.17. The maximum atomic E-state index is 10.8. The average molecular weight is 248 g/mol. The minimum atomic E-state index is -0.367. The van der Waals surface area contributed by atoms with Gasteiger partial charge in [-0.3, -0.25) is 10.1 Å². The molecule has 3 atom stereocenters. The SMILES string of the molecule is CC1C2CNCC2CN1c1cc([N+](=O)[O-])ccn1. The molecular weight excluding hydrogens is 232 g/mol. The monoisotopic (exact) mass is 248 g/mol. The van der Waals surface area contributed by atoms with E-state index in [1.165, 1.54) is 12.3 Å². The van der Waals surface area contributed by atoms with Gasteiger partial charge in [0.05, 0.1) is 11.0 Å². The zero-order chi connectivity index (χ0) is 12.7. The van der Waals surface area contributed by atoms with Crippen LogP contribution >= 0.6 is 0 Å². The summed E-state index contributed by atoms with van der Waals surface area (Å²) in [4.78, 5) is 16.9. The third kappa shape index (κ3) is 1.73. The van der Waals surface area contributed by atoms with E-state index in [0.29, 0.717) is 17.9 Å². The fraction of sp³-hybridized carbons (Fsp3) is 0.583. The summed E-state index contributed by atoms with van der Waals surface area (Å²) in [6.07, 6.45) is 1.52. The van der Waals surface area contributed by atoms with E-state index >= 15 is 0 Å². The molecule has 0 saturated carbocycles. The van der Waals surface area contributed by atoms with Crippen LogP contribution < -0.4 is 10.2 Å². The molecule has 1 aromatic rings. The molecule has 0 aromatic carbocycles. The van der Waals surface area contributed by atoms with E-state index in [1.807, 2.05) is 0 Å². The summed E-state index contributed by atoms with van der Waals surface area (Å²) in [6, 6.07) is 3.40. The topological polar surface area (TPSA) is 71.3 Å². The van der Waals surface area contributed by atoms with Gasteiger partial charge in [0, 0.05) is 37.9 Å². The molecule has 2 aliphatic rings. The van der Waals surface area contributed by atoms with Crippen molar-refractivity contribution in [2.75, 3.05) is 24.5 Å². The van der Waals surface area contributed by atoms with Gasteiger partial charge in [0.15, 0.2) is 0 Å². The Bertz CT molecular complexity index is 479. The average Bonchev–Trinajstić information content (AvgIpc) is 2.93. The van der Waals surface area contributed by atoms with E-state index in [9.17, 15) is 10.1 Å². The molecule has 3 rings (SSSR count). The number of pyridine rings is 1. The molecule has 18 heavy (non-hydrogen) atoms. The van der Waals surface area contributed by atoms with Gasteiger partial charge in [0.1, 0.15) is 5.82 Å². The number of nitro groups is 1. The molecule has 1 N–H and O–H groups in total. The Balaban J connectivity index is 1.87. The molecule has 2 fully saturated rings. The van der Waals surface area contributed by atoms with Gasteiger partial charge < -0.3 is 10.2 Å². The second kappa shape index (κ2) is 4.20. The first-order valence-electron chi connectivity index (χ1n) is 6.24. The first kappa shape index (κ1) is 11.4. The van der Waals surface area contributed by atoms with Crippen molar-refractivity contribution < 1.29 is 4.92 Å². The summed E-state index contributed by atoms with van der Waals surface area (Å²) in [6.45, 7) is 5.20. The lowest BCUT2D eigenvalue weighted by molar-refractivity contribution is -0.384. The summed E-state index contributed by atoms with van der Waals surface area (Å²) in [5.41, 5.74) is 0.113. The molecule has 0 bridgehead atoms. The van der Waals surface area contributed by atoms with Crippen molar-refractivity contribution in [2.24, 2.45) is 11.8 Å². The highest BCUT2D eigenvalue weighted by molar-refractivity contribution is 5.48. The minimum absolute atomic E-state index is 0.113. The number of anilines is 1. The van der Waals surface area contributed by atoms with Crippen LogP contribution in [0, 0.1) is 22.0 Å². The number of rotatable bonds is 2. The minimum Gasteiger partial charge on any atom is -0.353 e. The van der Waals surface area contributed by atoms with Crippen LogP contribution in [0.25, 0.3) is 0 Å². The maximum absolute atomic E-state index is 10.8. The number of nitrogens with one attached hydrogen (secondary N) is 1. The van der Waals surface area contributed by atoms with Gasteiger partial charge in [0.25, 0.3) is 5.69 Å². The first-order chi connectivity index (χ1) is 8.66. The molecule has 0 amide bonds. The summed E-state index contributed by atoms with van der Waals surface area (Å²) >= 11 is 0. The molecule has 2 aliphatic heterocycles. The van der Waals surface area contributed by atoms with Crippen LogP contribution in [0.4, 0.5) is 11.5 Å². The van der Waals surface area contributed by atoms with E-state index < -0.39 is 0 Å². The quantitative estimate of drug-likeness (QED) is 0.625. The van der Waals surface area contributed by atoms with Gasteiger partial charge in [0.2, 0.25) is 0 Å². The summed E-state index contributed by atoms with van der Waals surface area (Å²) in [5, 5.41) is 14.2. The van der Waals surface area contributed by atoms with Gasteiger partial charge in [-0.05, 0) is 18.8 Å². The summed E-state index contributed by atoms with van der Waals surface area (Å²) in [7, 11) is 0. The predicted molar refractivity (Wildman–Crippen MR) is 67.5 cm³/mol. The first-order valence-corrected chi connectivity index (χ1v) is 6.24. The number of hydrogen-bond acceptors (Lipinski definition) is 5. The van der Waals surface area contributed by atoms with E-state index in [2.05, 4.69) is 22.1 Å². The van der Waals surface area contributed by atoms with Crippen LogP contribution in [-0.4, -0.2) is 35.6 Å². The Morgan fingerprint density at radius 3 is 3.11 bits per heavy atom. The van der Waals surface area contributed by atoms with Gasteiger partial charge in [-0.1, -0.05) is 0 Å². The van der Waals surface area contributed by atoms with E-state index in [-0.39, 0.29) is 10.6 Å². The van der Waals surface area contributed by atoms with Gasteiger partial charge in [-0.2, -0.15) is 0 Å². The van der Waals surface area contributed by atoms with Crippen molar-refractivity contribution in [3.05, 3.63) is 28.4 Å². The highest BCUT2D eigenvalue weighted by atomic mass is 16.6. The van der Waals surface area contributed by atoms with Crippen molar-refractivity contribution in [1.29, 1.82) is 0 Å². The molecule has 0 spiro atoms. The van der Waals surface area contributed by atoms with Crippen molar-refractivity contribution in [3.8, 4) is 0 Å². The van der Waals surface area contributed by atoms with E-state index in [4.69, 9.17) is 0 Å². The van der Waals surface area contributed by atoms with Crippen LogP contribution in [-0.2, 0) is 0 Å². The van der Waals surface area contributed by atoms with Crippen molar-refractivity contribution in [3.63, 3.8) is 0 Å². The van der Waals surface area contributed by atoms with E-state index in [1.54, 1.807) is 6.07 Å². The van der Waals surface area contributed by atoms with Gasteiger partial charge in [-0.15, -0.1) is 0 Å². The summed E-state index contributed by atoms with van der Waals surface area (Å²) in [5.74, 6) is 2.00. The molecule has 1 aromatic heterocycles. The standard InChI is InChI=1S/C12H16N4O2/c1-8-11-6-13-5-9(11)7-15(8)12-4-10(16(17)18)2-3-14-12/h2-4,8-9,11,13H,5-7H2,1H3. The van der Waals surface area contributed by atoms with Crippen molar-refractivity contribution >= 4 is 11.5 Å². The third-order valence-electron chi connectivity index (χ3n) is 4.17. The van der Waals surface area contributed by atoms with Gasteiger partial charge in [-0.25, -0.2) is 4.98 Å². The Labute approximate surface area is 105 Å². The second-order valence-electron chi connectivity index (χ2n) is 5.10. The number of nitrogens with zero attached hydrogens (tertiary/aromatic N) is 3. The fourth-order valence-corrected chi connectivity index (χ4v) is 3.15. The normalized spacial score (nSPS) is 30.5.